The summed E-state index contributed by atoms with van der Waals surface area (Å²) in [6.07, 6.45) is 2.73. The van der Waals surface area contributed by atoms with Gasteiger partial charge < -0.3 is 10.1 Å². The van der Waals surface area contributed by atoms with Crippen LogP contribution in [0.25, 0.3) is 0 Å². The van der Waals surface area contributed by atoms with Gasteiger partial charge in [0.15, 0.2) is 5.78 Å². The van der Waals surface area contributed by atoms with Crippen molar-refractivity contribution in [2.45, 2.75) is 63.8 Å². The highest BCUT2D eigenvalue weighted by molar-refractivity contribution is 6.07. The van der Waals surface area contributed by atoms with Crippen LogP contribution in [0.5, 0.6) is 0 Å². The molecule has 1 amide bonds. The maximum Gasteiger partial charge on any atom is 0.337 e. The third-order valence-corrected chi connectivity index (χ3v) is 8.55. The molecule has 1 saturated carbocycles. The molecule has 3 aromatic carbocycles. The first-order chi connectivity index (χ1) is 19.7. The molecule has 0 unspecified atom stereocenters. The van der Waals surface area contributed by atoms with Crippen LogP contribution in [0, 0.1) is 5.92 Å². The number of fused-ring (bicyclic) bond motifs is 1. The van der Waals surface area contributed by atoms with Crippen LogP contribution in [-0.2, 0) is 19.7 Å². The number of amides is 1. The lowest BCUT2D eigenvalue weighted by Crippen LogP contribution is -2.39. The number of Topliss-reactive ketones (excluding diaryl/α,β-unsaturated/α-hetero) is 1. The summed E-state index contributed by atoms with van der Waals surface area (Å²) in [6, 6.07) is 22.9. The van der Waals surface area contributed by atoms with Gasteiger partial charge >= 0.3 is 5.97 Å². The number of hydrogen-bond acceptors (Lipinski definition) is 5. The molecule has 0 bridgehead atoms. The number of nitrogens with one attached hydrogen (secondary N) is 1. The molecular formula is C35H36N2O4. The zero-order valence-corrected chi connectivity index (χ0v) is 24.1. The van der Waals surface area contributed by atoms with Crippen molar-refractivity contribution in [1.29, 1.82) is 0 Å². The van der Waals surface area contributed by atoms with Gasteiger partial charge in [0.1, 0.15) is 0 Å². The first-order valence-electron chi connectivity index (χ1n) is 14.4. The number of anilines is 2. The van der Waals surface area contributed by atoms with Crippen molar-refractivity contribution in [2.75, 3.05) is 17.3 Å². The van der Waals surface area contributed by atoms with Gasteiger partial charge in [0.05, 0.1) is 30.1 Å². The van der Waals surface area contributed by atoms with Gasteiger partial charge in [0, 0.05) is 23.6 Å². The number of rotatable bonds is 4. The van der Waals surface area contributed by atoms with Gasteiger partial charge in [-0.15, -0.1) is 0 Å². The van der Waals surface area contributed by atoms with Gasteiger partial charge in [0.2, 0.25) is 5.91 Å². The standard InChI is InChI=1S/C35H36N2O4/c1-35(2,3)26-17-15-21(16-18-26)25-19-28-31(30(38)20-25)32(22-9-13-24(14-10-22)34(40)41-4)37(33(39)23-11-12-23)29-8-6-5-7-27(29)36-28/h5-10,13-18,23,25,32,36H,11-12,19-20H2,1-4H3/t25-,32-/m0/s1. The average molecular weight is 549 g/mol. The molecule has 0 radical (unpaired) electrons. The summed E-state index contributed by atoms with van der Waals surface area (Å²) in [6.45, 7) is 6.59. The second-order valence-electron chi connectivity index (χ2n) is 12.4. The SMILES string of the molecule is COC(=O)c1ccc([C@H]2C3=C(C[C@H](c4ccc(C(C)(C)C)cc4)CC3=O)Nc3ccccc3N2C(=O)C2CC2)cc1. The van der Waals surface area contributed by atoms with Crippen molar-refractivity contribution in [1.82, 2.24) is 0 Å². The smallest absolute Gasteiger partial charge is 0.337 e. The maximum atomic E-state index is 14.2. The lowest BCUT2D eigenvalue weighted by atomic mass is 9.77. The molecule has 1 heterocycles. The summed E-state index contributed by atoms with van der Waals surface area (Å²) in [4.78, 5) is 42.1. The van der Waals surface area contributed by atoms with E-state index in [0.29, 0.717) is 24.0 Å². The molecule has 41 heavy (non-hydrogen) atoms. The Hall–Kier alpha value is -4.19. The molecule has 3 aromatic rings. The maximum absolute atomic E-state index is 14.2. The average Bonchev–Trinajstić information content (AvgIpc) is 3.82. The van der Waals surface area contributed by atoms with Gasteiger partial charge in [-0.1, -0.05) is 69.3 Å². The summed E-state index contributed by atoms with van der Waals surface area (Å²) in [5.41, 5.74) is 6.73. The lowest BCUT2D eigenvalue weighted by Gasteiger charge is -2.35. The fraction of sp³-hybridized carbons (Fsp3) is 0.343. The fourth-order valence-electron chi connectivity index (χ4n) is 6.09. The highest BCUT2D eigenvalue weighted by Crippen LogP contribution is 2.49. The van der Waals surface area contributed by atoms with Crippen LogP contribution in [0.4, 0.5) is 11.4 Å². The van der Waals surface area contributed by atoms with E-state index in [1.165, 1.54) is 12.7 Å². The van der Waals surface area contributed by atoms with Crippen molar-refractivity contribution in [2.24, 2.45) is 5.92 Å². The van der Waals surface area contributed by atoms with Gasteiger partial charge in [-0.25, -0.2) is 4.79 Å². The number of carbonyl (C=O) groups is 3. The molecule has 3 aliphatic rings. The largest absolute Gasteiger partial charge is 0.465 e. The normalized spacial score (nSPS) is 20.5. The third kappa shape index (κ3) is 5.08. The second kappa shape index (κ2) is 10.3. The van der Waals surface area contributed by atoms with Gasteiger partial charge in [-0.2, -0.15) is 0 Å². The summed E-state index contributed by atoms with van der Waals surface area (Å²) in [5.74, 6) is -0.378. The topological polar surface area (TPSA) is 75.7 Å². The number of para-hydroxylation sites is 2. The van der Waals surface area contributed by atoms with E-state index in [1.54, 1.807) is 12.1 Å². The molecule has 6 nitrogen and oxygen atoms in total. The molecule has 2 aliphatic carbocycles. The number of carbonyl (C=O) groups excluding carboxylic acids is 3. The lowest BCUT2D eigenvalue weighted by molar-refractivity contribution is -0.120. The number of esters is 1. The van der Waals surface area contributed by atoms with E-state index in [4.69, 9.17) is 4.74 Å². The number of allylic oxidation sites excluding steroid dienone is 1. The number of ketones is 1. The van der Waals surface area contributed by atoms with Crippen molar-refractivity contribution < 1.29 is 19.1 Å². The molecule has 210 valence electrons. The minimum atomic E-state index is -0.599. The van der Waals surface area contributed by atoms with Crippen LogP contribution in [0.15, 0.2) is 84.1 Å². The minimum Gasteiger partial charge on any atom is -0.465 e. The Kier molecular flexibility index (Phi) is 6.80. The van der Waals surface area contributed by atoms with Gasteiger partial charge in [-0.05, 0) is 71.6 Å². The first-order valence-corrected chi connectivity index (χ1v) is 14.4. The number of nitrogens with zero attached hydrogens (tertiary/aromatic N) is 1. The highest BCUT2D eigenvalue weighted by Gasteiger charge is 2.45. The monoisotopic (exact) mass is 548 g/mol. The summed E-state index contributed by atoms with van der Waals surface area (Å²) >= 11 is 0. The molecule has 0 saturated heterocycles. The van der Waals surface area contributed by atoms with Crippen LogP contribution in [0.3, 0.4) is 0 Å². The number of hydrogen-bond donors (Lipinski definition) is 1. The van der Waals surface area contributed by atoms with E-state index < -0.39 is 12.0 Å². The molecular weight excluding hydrogens is 512 g/mol. The Balaban J connectivity index is 1.47. The molecule has 1 aliphatic heterocycles. The van der Waals surface area contributed by atoms with E-state index in [0.717, 1.165) is 41.0 Å². The second-order valence-corrected chi connectivity index (χ2v) is 12.4. The zero-order chi connectivity index (χ0) is 28.9. The number of methoxy groups -OCH3 is 1. The molecule has 2 atom stereocenters. The summed E-state index contributed by atoms with van der Waals surface area (Å²) < 4.78 is 4.89. The first kappa shape index (κ1) is 27.0. The molecule has 0 aromatic heterocycles. The number of benzene rings is 3. The fourth-order valence-corrected chi connectivity index (χ4v) is 6.09. The van der Waals surface area contributed by atoms with Crippen molar-refractivity contribution in [3.8, 4) is 0 Å². The Bertz CT molecular complexity index is 1540. The molecule has 1 N–H and O–H groups in total. The molecule has 1 fully saturated rings. The van der Waals surface area contributed by atoms with E-state index in [2.05, 4.69) is 50.4 Å². The van der Waals surface area contributed by atoms with Crippen LogP contribution < -0.4 is 10.2 Å². The Morgan fingerprint density at radius 1 is 0.878 bits per heavy atom. The van der Waals surface area contributed by atoms with Crippen molar-refractivity contribution in [3.63, 3.8) is 0 Å². The van der Waals surface area contributed by atoms with Gasteiger partial charge in [0.25, 0.3) is 0 Å². The third-order valence-electron chi connectivity index (χ3n) is 8.55. The highest BCUT2D eigenvalue weighted by atomic mass is 16.5. The van der Waals surface area contributed by atoms with Crippen molar-refractivity contribution in [3.05, 3.63) is 106 Å². The molecule has 0 spiro atoms. The zero-order valence-electron chi connectivity index (χ0n) is 24.1. The van der Waals surface area contributed by atoms with Gasteiger partial charge in [-0.3, -0.25) is 14.5 Å². The van der Waals surface area contributed by atoms with Crippen LogP contribution >= 0.6 is 0 Å². The quantitative estimate of drug-likeness (QED) is 0.353. The summed E-state index contributed by atoms with van der Waals surface area (Å²) in [5, 5.41) is 3.60. The van der Waals surface area contributed by atoms with Crippen LogP contribution in [0.2, 0.25) is 0 Å². The predicted octanol–water partition coefficient (Wildman–Crippen LogP) is 7.08. The van der Waals surface area contributed by atoms with E-state index in [-0.39, 0.29) is 28.9 Å². The Morgan fingerprint density at radius 2 is 1.54 bits per heavy atom. The van der Waals surface area contributed by atoms with Crippen LogP contribution in [0.1, 0.15) is 85.5 Å². The predicted molar refractivity (Wildman–Crippen MR) is 160 cm³/mol. The van der Waals surface area contributed by atoms with E-state index in [1.807, 2.05) is 41.3 Å². The van der Waals surface area contributed by atoms with E-state index in [9.17, 15) is 14.4 Å². The Morgan fingerprint density at radius 3 is 2.17 bits per heavy atom. The minimum absolute atomic E-state index is 0.0303. The molecule has 6 rings (SSSR count). The number of ether oxygens (including phenoxy) is 1. The Labute approximate surface area is 241 Å². The molecule has 6 heteroatoms. The van der Waals surface area contributed by atoms with E-state index >= 15 is 0 Å². The van der Waals surface area contributed by atoms with Crippen molar-refractivity contribution >= 4 is 29.0 Å². The van der Waals surface area contributed by atoms with Crippen LogP contribution in [-0.4, -0.2) is 24.8 Å². The summed E-state index contributed by atoms with van der Waals surface area (Å²) in [7, 11) is 1.35.